The van der Waals surface area contributed by atoms with Gasteiger partial charge in [-0.3, -0.25) is 0 Å². The first-order chi connectivity index (χ1) is 17.6. The van der Waals surface area contributed by atoms with E-state index >= 15 is 0 Å². The third-order valence-corrected chi connectivity index (χ3v) is 8.45. The van der Waals surface area contributed by atoms with Gasteiger partial charge in [-0.2, -0.15) is 0 Å². The van der Waals surface area contributed by atoms with Crippen LogP contribution >= 0.6 is 22.9 Å². The van der Waals surface area contributed by atoms with Gasteiger partial charge in [-0.05, 0) is 80.0 Å². The van der Waals surface area contributed by atoms with Crippen molar-refractivity contribution in [3.63, 3.8) is 0 Å². The molecule has 1 aliphatic carbocycles. The predicted octanol–water partition coefficient (Wildman–Crippen LogP) is 7.49. The van der Waals surface area contributed by atoms with Gasteiger partial charge in [0, 0.05) is 39.6 Å². The highest BCUT2D eigenvalue weighted by atomic mass is 35.5. The first kappa shape index (κ1) is 23.3. The SMILES string of the molecule is COc1ccc2nc(N[C@H]3CC[C@H](Cc4cn(Cc5cnc(Cl)s5)c5ccccc45)C3)cc(C)c2c1. The van der Waals surface area contributed by atoms with Gasteiger partial charge in [0.1, 0.15) is 11.6 Å². The van der Waals surface area contributed by atoms with Crippen molar-refractivity contribution in [2.24, 2.45) is 5.92 Å². The maximum absolute atomic E-state index is 6.07. The summed E-state index contributed by atoms with van der Waals surface area (Å²) in [4.78, 5) is 10.3. The third-order valence-electron chi connectivity index (χ3n) is 7.35. The second-order valence-corrected chi connectivity index (χ2v) is 11.5. The number of nitrogens with one attached hydrogen (secondary N) is 1. The van der Waals surface area contributed by atoms with Crippen LogP contribution in [0.4, 0.5) is 5.82 Å². The van der Waals surface area contributed by atoms with Crippen molar-refractivity contribution < 1.29 is 4.74 Å². The van der Waals surface area contributed by atoms with Crippen LogP contribution in [0.5, 0.6) is 5.75 Å². The number of benzene rings is 2. The van der Waals surface area contributed by atoms with Gasteiger partial charge < -0.3 is 14.6 Å². The Balaban J connectivity index is 1.16. The molecule has 5 nitrogen and oxygen atoms in total. The van der Waals surface area contributed by atoms with Crippen molar-refractivity contribution in [3.05, 3.63) is 81.4 Å². The van der Waals surface area contributed by atoms with Crippen molar-refractivity contribution >= 4 is 50.6 Å². The number of anilines is 1. The topological polar surface area (TPSA) is 52.0 Å². The van der Waals surface area contributed by atoms with Crippen LogP contribution < -0.4 is 10.1 Å². The molecule has 1 N–H and O–H groups in total. The van der Waals surface area contributed by atoms with Crippen LogP contribution in [-0.2, 0) is 13.0 Å². The summed E-state index contributed by atoms with van der Waals surface area (Å²) < 4.78 is 8.32. The van der Waals surface area contributed by atoms with E-state index in [0.717, 1.165) is 41.9 Å². The van der Waals surface area contributed by atoms with Crippen LogP contribution in [0.2, 0.25) is 4.47 Å². The van der Waals surface area contributed by atoms with E-state index in [4.69, 9.17) is 21.3 Å². The van der Waals surface area contributed by atoms with Crippen molar-refractivity contribution in [3.8, 4) is 5.75 Å². The van der Waals surface area contributed by atoms with E-state index in [-0.39, 0.29) is 0 Å². The molecule has 6 rings (SSSR count). The van der Waals surface area contributed by atoms with Gasteiger partial charge >= 0.3 is 0 Å². The highest BCUT2D eigenvalue weighted by Gasteiger charge is 2.26. The zero-order valence-corrected chi connectivity index (χ0v) is 22.1. The number of pyridine rings is 1. The molecule has 0 aliphatic heterocycles. The zero-order chi connectivity index (χ0) is 24.6. The number of fused-ring (bicyclic) bond motifs is 2. The Morgan fingerprint density at radius 1 is 1.14 bits per heavy atom. The number of para-hydroxylation sites is 1. The molecule has 2 atom stereocenters. The van der Waals surface area contributed by atoms with Gasteiger partial charge in [0.05, 0.1) is 19.2 Å². The van der Waals surface area contributed by atoms with Gasteiger partial charge in [0.2, 0.25) is 0 Å². The number of rotatable bonds is 7. The fourth-order valence-corrected chi connectivity index (χ4v) is 6.60. The molecule has 184 valence electrons. The number of nitrogens with zero attached hydrogens (tertiary/aromatic N) is 3. The molecule has 1 fully saturated rings. The van der Waals surface area contributed by atoms with Crippen LogP contribution in [0.25, 0.3) is 21.8 Å². The summed E-state index contributed by atoms with van der Waals surface area (Å²) in [5.74, 6) is 2.49. The van der Waals surface area contributed by atoms with Crippen LogP contribution in [0.15, 0.2) is 60.9 Å². The summed E-state index contributed by atoms with van der Waals surface area (Å²) in [5, 5.41) is 6.22. The number of hydrogen-bond donors (Lipinski definition) is 1. The monoisotopic (exact) mass is 516 g/mol. The molecule has 0 radical (unpaired) electrons. The number of aryl methyl sites for hydroxylation is 1. The third kappa shape index (κ3) is 4.67. The number of methoxy groups -OCH3 is 1. The van der Waals surface area contributed by atoms with Crippen molar-refractivity contribution in [1.82, 2.24) is 14.5 Å². The molecule has 2 aromatic carbocycles. The van der Waals surface area contributed by atoms with Gasteiger partial charge in [0.15, 0.2) is 4.47 Å². The molecule has 0 amide bonds. The van der Waals surface area contributed by atoms with Crippen molar-refractivity contribution in [2.45, 2.75) is 45.2 Å². The molecule has 1 aliphatic rings. The van der Waals surface area contributed by atoms with Crippen LogP contribution in [0, 0.1) is 12.8 Å². The lowest BCUT2D eigenvalue weighted by molar-refractivity contribution is 0.415. The Morgan fingerprint density at radius 3 is 2.86 bits per heavy atom. The van der Waals surface area contributed by atoms with Crippen molar-refractivity contribution in [1.29, 1.82) is 0 Å². The van der Waals surface area contributed by atoms with E-state index in [1.54, 1.807) is 18.4 Å². The number of ether oxygens (including phenoxy) is 1. The first-order valence-electron chi connectivity index (χ1n) is 12.4. The molecular weight excluding hydrogens is 488 g/mol. The van der Waals surface area contributed by atoms with E-state index in [9.17, 15) is 0 Å². The molecule has 3 heterocycles. The Hall–Kier alpha value is -3.09. The van der Waals surface area contributed by atoms with E-state index < -0.39 is 0 Å². The van der Waals surface area contributed by atoms with Crippen LogP contribution in [0.3, 0.4) is 0 Å². The van der Waals surface area contributed by atoms with E-state index in [0.29, 0.717) is 16.4 Å². The molecule has 0 bridgehead atoms. The summed E-state index contributed by atoms with van der Waals surface area (Å²) >= 11 is 7.62. The average molecular weight is 517 g/mol. The minimum absolute atomic E-state index is 0.449. The molecular formula is C29H29ClN4OS. The van der Waals surface area contributed by atoms with E-state index in [2.05, 4.69) is 64.4 Å². The quantitative estimate of drug-likeness (QED) is 0.243. The Kier molecular flexibility index (Phi) is 6.32. The highest BCUT2D eigenvalue weighted by molar-refractivity contribution is 7.15. The van der Waals surface area contributed by atoms with Crippen LogP contribution in [0.1, 0.15) is 35.3 Å². The predicted molar refractivity (Wildman–Crippen MR) is 150 cm³/mol. The largest absolute Gasteiger partial charge is 0.497 e. The molecule has 5 aromatic rings. The summed E-state index contributed by atoms with van der Waals surface area (Å²) in [5.41, 5.74) is 4.92. The number of hydrogen-bond acceptors (Lipinski definition) is 5. The van der Waals surface area contributed by atoms with Gasteiger partial charge in [-0.1, -0.05) is 29.8 Å². The Morgan fingerprint density at radius 2 is 2.03 bits per heavy atom. The fraction of sp³-hybridized carbons (Fsp3) is 0.310. The minimum atomic E-state index is 0.449. The maximum Gasteiger partial charge on any atom is 0.183 e. The van der Waals surface area contributed by atoms with Crippen molar-refractivity contribution in [2.75, 3.05) is 12.4 Å². The number of thiazole rings is 1. The summed E-state index contributed by atoms with van der Waals surface area (Å²) in [7, 11) is 1.70. The second-order valence-electron chi connectivity index (χ2n) is 9.81. The Labute approximate surface area is 220 Å². The summed E-state index contributed by atoms with van der Waals surface area (Å²) in [6, 6.07) is 17.4. The number of aromatic nitrogens is 3. The summed E-state index contributed by atoms with van der Waals surface area (Å²) in [6.07, 6.45) is 8.87. The molecule has 0 saturated heterocycles. The highest BCUT2D eigenvalue weighted by Crippen LogP contribution is 2.34. The lowest BCUT2D eigenvalue weighted by Gasteiger charge is -2.16. The zero-order valence-electron chi connectivity index (χ0n) is 20.5. The van der Waals surface area contributed by atoms with E-state index in [1.165, 1.54) is 39.7 Å². The molecule has 3 aromatic heterocycles. The minimum Gasteiger partial charge on any atom is -0.497 e. The molecule has 7 heteroatoms. The Bertz CT molecular complexity index is 1540. The van der Waals surface area contributed by atoms with E-state index in [1.807, 2.05) is 18.3 Å². The lowest BCUT2D eigenvalue weighted by Crippen LogP contribution is -2.17. The van der Waals surface area contributed by atoms with Gasteiger partial charge in [-0.25, -0.2) is 9.97 Å². The summed E-state index contributed by atoms with van der Waals surface area (Å²) in [6.45, 7) is 2.95. The fourth-order valence-electron chi connectivity index (χ4n) is 5.63. The number of halogens is 1. The smallest absolute Gasteiger partial charge is 0.183 e. The molecule has 0 unspecified atom stereocenters. The lowest BCUT2D eigenvalue weighted by atomic mass is 9.97. The second kappa shape index (κ2) is 9.75. The average Bonchev–Trinajstić information content (AvgIpc) is 3.59. The standard InChI is InChI=1S/C29H29ClN4OS/c1-18-11-28(33-26-10-9-22(35-2)14-25(18)26)32-21-8-7-19(13-21)12-20-16-34(17-23-15-31-29(30)36-23)27-6-4-3-5-24(20)27/h3-6,9-11,14-16,19,21H,7-8,12-13,17H2,1-2H3,(H,32,33)/t19-,21+/m1/s1. The molecule has 36 heavy (non-hydrogen) atoms. The van der Waals surface area contributed by atoms with Gasteiger partial charge in [-0.15, -0.1) is 11.3 Å². The normalized spacial score (nSPS) is 17.8. The van der Waals surface area contributed by atoms with Crippen LogP contribution in [-0.4, -0.2) is 27.7 Å². The maximum atomic E-state index is 6.07. The van der Waals surface area contributed by atoms with Gasteiger partial charge in [0.25, 0.3) is 0 Å². The molecule has 1 saturated carbocycles. The molecule has 0 spiro atoms. The first-order valence-corrected chi connectivity index (χ1v) is 13.6.